The molecule has 0 aliphatic heterocycles. The minimum absolute atomic E-state index is 0.0277. The van der Waals surface area contributed by atoms with Crippen LogP contribution in [0.5, 0.6) is 0 Å². The fraction of sp³-hybridized carbons (Fsp3) is 0.684. The van der Waals surface area contributed by atoms with Crippen molar-refractivity contribution in [1.82, 2.24) is 10.2 Å². The number of nitrogens with one attached hydrogen (secondary N) is 1. The molecule has 1 heterocycles. The smallest absolute Gasteiger partial charge is 0.221 e. The lowest BCUT2D eigenvalue weighted by atomic mass is 9.98. The maximum atomic E-state index is 12.1. The molecule has 24 heavy (non-hydrogen) atoms. The molecule has 1 fully saturated rings. The second kappa shape index (κ2) is 7.51. The minimum Gasteiger partial charge on any atom is -0.464 e. The molecule has 1 aliphatic rings. The number of hydrogen-bond acceptors (Lipinski definition) is 4. The number of hydrogen-bond donors (Lipinski definition) is 1. The van der Waals surface area contributed by atoms with Gasteiger partial charge in [-0.25, -0.2) is 0 Å². The van der Waals surface area contributed by atoms with Crippen molar-refractivity contribution >= 4 is 11.7 Å². The Labute approximate surface area is 144 Å². The largest absolute Gasteiger partial charge is 0.464 e. The number of amides is 1. The van der Waals surface area contributed by atoms with Gasteiger partial charge in [0.15, 0.2) is 0 Å². The number of Topliss-reactive ketones (excluding diaryl/α,β-unsaturated/α-hetero) is 1. The van der Waals surface area contributed by atoms with Gasteiger partial charge < -0.3 is 9.73 Å². The van der Waals surface area contributed by atoms with Crippen LogP contribution in [0.1, 0.15) is 64.4 Å². The van der Waals surface area contributed by atoms with Crippen LogP contribution < -0.4 is 5.32 Å². The summed E-state index contributed by atoms with van der Waals surface area (Å²) in [6.07, 6.45) is 1.98. The molecule has 2 rings (SSSR count). The lowest BCUT2D eigenvalue weighted by Gasteiger charge is -2.25. The topological polar surface area (TPSA) is 62.6 Å². The predicted molar refractivity (Wildman–Crippen MR) is 93.7 cm³/mol. The maximum Gasteiger partial charge on any atom is 0.221 e. The molecule has 2 unspecified atom stereocenters. The van der Waals surface area contributed by atoms with Crippen LogP contribution in [0.15, 0.2) is 16.5 Å². The van der Waals surface area contributed by atoms with E-state index in [-0.39, 0.29) is 11.7 Å². The predicted octanol–water partition coefficient (Wildman–Crippen LogP) is 3.10. The van der Waals surface area contributed by atoms with Gasteiger partial charge in [-0.05, 0) is 52.3 Å². The summed E-state index contributed by atoms with van der Waals surface area (Å²) >= 11 is 0. The Balaban J connectivity index is 1.72. The molecule has 1 N–H and O–H groups in total. The molecule has 0 radical (unpaired) electrons. The van der Waals surface area contributed by atoms with E-state index in [2.05, 4.69) is 23.2 Å². The van der Waals surface area contributed by atoms with E-state index in [9.17, 15) is 9.59 Å². The Bertz CT molecular complexity index is 591. The molecule has 1 aliphatic carbocycles. The van der Waals surface area contributed by atoms with Crippen LogP contribution in [-0.2, 0) is 16.1 Å². The van der Waals surface area contributed by atoms with Crippen LogP contribution in [0, 0.1) is 5.92 Å². The highest BCUT2D eigenvalue weighted by Gasteiger charge is 2.36. The van der Waals surface area contributed by atoms with E-state index < -0.39 is 5.54 Å². The van der Waals surface area contributed by atoms with Gasteiger partial charge in [0.05, 0.1) is 6.54 Å². The Kier molecular flexibility index (Phi) is 5.86. The molecule has 1 saturated carbocycles. The molecule has 1 amide bonds. The maximum absolute atomic E-state index is 12.1. The molecular formula is C19H30N2O3. The first-order valence-corrected chi connectivity index (χ1v) is 8.74. The summed E-state index contributed by atoms with van der Waals surface area (Å²) in [5.74, 6) is 3.43. The van der Waals surface area contributed by atoms with Gasteiger partial charge in [0, 0.05) is 30.8 Å². The molecular weight excluding hydrogens is 304 g/mol. The summed E-state index contributed by atoms with van der Waals surface area (Å²) in [7, 11) is 1.98. The first-order valence-electron chi connectivity index (χ1n) is 8.74. The Morgan fingerprint density at radius 3 is 2.62 bits per heavy atom. The molecule has 134 valence electrons. The highest BCUT2D eigenvalue weighted by molar-refractivity contribution is 5.80. The van der Waals surface area contributed by atoms with E-state index >= 15 is 0 Å². The zero-order chi connectivity index (χ0) is 17.9. The fourth-order valence-electron chi connectivity index (χ4n) is 3.14. The van der Waals surface area contributed by atoms with Gasteiger partial charge in [0.25, 0.3) is 0 Å². The monoisotopic (exact) mass is 334 g/mol. The van der Waals surface area contributed by atoms with Gasteiger partial charge in [-0.2, -0.15) is 0 Å². The molecule has 0 aromatic carbocycles. The first-order chi connectivity index (χ1) is 11.2. The summed E-state index contributed by atoms with van der Waals surface area (Å²) in [6.45, 7) is 8.88. The van der Waals surface area contributed by atoms with E-state index in [0.29, 0.717) is 31.8 Å². The van der Waals surface area contributed by atoms with Crippen LogP contribution in [0.2, 0.25) is 0 Å². The zero-order valence-corrected chi connectivity index (χ0v) is 15.5. The number of furan rings is 1. The van der Waals surface area contributed by atoms with Crippen LogP contribution in [0.25, 0.3) is 0 Å². The van der Waals surface area contributed by atoms with Crippen molar-refractivity contribution in [3.63, 3.8) is 0 Å². The van der Waals surface area contributed by atoms with E-state index in [4.69, 9.17) is 4.42 Å². The normalized spacial score (nSPS) is 20.2. The Morgan fingerprint density at radius 2 is 2.04 bits per heavy atom. The highest BCUT2D eigenvalue weighted by atomic mass is 16.3. The van der Waals surface area contributed by atoms with Gasteiger partial charge in [0.2, 0.25) is 5.91 Å². The van der Waals surface area contributed by atoms with Crippen molar-refractivity contribution in [2.75, 3.05) is 13.6 Å². The number of nitrogens with zero attached hydrogens (tertiary/aromatic N) is 1. The molecule has 5 nitrogen and oxygen atoms in total. The number of carbonyl (C=O) groups excluding carboxylic acids is 2. The lowest BCUT2D eigenvalue weighted by molar-refractivity contribution is -0.124. The number of carbonyl (C=O) groups is 2. The van der Waals surface area contributed by atoms with Gasteiger partial charge in [-0.15, -0.1) is 0 Å². The van der Waals surface area contributed by atoms with Gasteiger partial charge >= 0.3 is 0 Å². The summed E-state index contributed by atoms with van der Waals surface area (Å²) in [6, 6.07) is 4.11. The van der Waals surface area contributed by atoms with Crippen LogP contribution >= 0.6 is 0 Å². The minimum atomic E-state index is -0.488. The van der Waals surface area contributed by atoms with Gasteiger partial charge in [-0.1, -0.05) is 6.92 Å². The molecule has 1 aromatic rings. The van der Waals surface area contributed by atoms with E-state index in [1.165, 1.54) is 6.42 Å². The van der Waals surface area contributed by atoms with Crippen molar-refractivity contribution in [2.45, 2.75) is 65.0 Å². The van der Waals surface area contributed by atoms with Crippen molar-refractivity contribution in [1.29, 1.82) is 0 Å². The summed E-state index contributed by atoms with van der Waals surface area (Å²) in [5.41, 5.74) is -0.488. The van der Waals surface area contributed by atoms with Crippen LogP contribution in [0.4, 0.5) is 0 Å². The summed E-state index contributed by atoms with van der Waals surface area (Å²) < 4.78 is 5.90. The molecule has 5 heteroatoms. The van der Waals surface area contributed by atoms with E-state index in [1.807, 2.05) is 27.0 Å². The number of rotatable bonds is 9. The second-order valence-corrected chi connectivity index (χ2v) is 7.92. The molecule has 1 aromatic heterocycles. The van der Waals surface area contributed by atoms with Crippen molar-refractivity contribution in [3.8, 4) is 0 Å². The quantitative estimate of drug-likeness (QED) is 0.754. The SMILES string of the molecule is CC(=O)CC(C)(C)NC(=O)CCN(C)Cc1ccc(C2CC2C)o1. The molecule has 0 bridgehead atoms. The average Bonchev–Trinajstić information content (AvgIpc) is 2.98. The van der Waals surface area contributed by atoms with E-state index in [1.54, 1.807) is 6.92 Å². The summed E-state index contributed by atoms with van der Waals surface area (Å²) in [4.78, 5) is 25.4. The zero-order valence-electron chi connectivity index (χ0n) is 15.5. The molecule has 0 saturated heterocycles. The molecule has 0 spiro atoms. The van der Waals surface area contributed by atoms with Crippen molar-refractivity contribution in [3.05, 3.63) is 23.7 Å². The Morgan fingerprint density at radius 1 is 1.38 bits per heavy atom. The number of ketones is 1. The van der Waals surface area contributed by atoms with Crippen LogP contribution in [-0.4, -0.2) is 35.7 Å². The molecule has 2 atom stereocenters. The first kappa shape index (κ1) is 18.7. The Hall–Kier alpha value is -1.62. The standard InChI is InChI=1S/C19H30N2O3/c1-13-10-16(13)17-7-6-15(24-17)12-21(5)9-8-18(23)20-19(3,4)11-14(2)22/h6-7,13,16H,8-12H2,1-5H3,(H,20,23). The highest BCUT2D eigenvalue weighted by Crippen LogP contribution is 2.47. The lowest BCUT2D eigenvalue weighted by Crippen LogP contribution is -2.45. The summed E-state index contributed by atoms with van der Waals surface area (Å²) in [5, 5.41) is 2.93. The van der Waals surface area contributed by atoms with E-state index in [0.717, 1.165) is 17.4 Å². The second-order valence-electron chi connectivity index (χ2n) is 7.92. The van der Waals surface area contributed by atoms with Crippen molar-refractivity contribution < 1.29 is 14.0 Å². The fourth-order valence-corrected chi connectivity index (χ4v) is 3.14. The average molecular weight is 334 g/mol. The van der Waals surface area contributed by atoms with Gasteiger partial charge in [0.1, 0.15) is 17.3 Å². The van der Waals surface area contributed by atoms with Crippen LogP contribution in [0.3, 0.4) is 0 Å². The third-order valence-corrected chi connectivity index (χ3v) is 4.47. The van der Waals surface area contributed by atoms with Gasteiger partial charge in [-0.3, -0.25) is 14.5 Å². The third kappa shape index (κ3) is 5.78. The third-order valence-electron chi connectivity index (χ3n) is 4.47. The van der Waals surface area contributed by atoms with Crippen molar-refractivity contribution in [2.24, 2.45) is 5.92 Å².